The Morgan fingerprint density at radius 2 is 1.67 bits per heavy atom. The van der Waals surface area contributed by atoms with Gasteiger partial charge in [0.2, 0.25) is 5.91 Å². The predicted octanol–water partition coefficient (Wildman–Crippen LogP) is 4.68. The predicted molar refractivity (Wildman–Crippen MR) is 109 cm³/mol. The average Bonchev–Trinajstić information content (AvgIpc) is 2.69. The number of amides is 1. The zero-order chi connectivity index (χ0) is 19.8. The van der Waals surface area contributed by atoms with Crippen LogP contribution in [0.25, 0.3) is 0 Å². The number of hydrogen-bond acceptors (Lipinski definition) is 5. The number of para-hydroxylation sites is 1. The zero-order valence-electron chi connectivity index (χ0n) is 14.5. The summed E-state index contributed by atoms with van der Waals surface area (Å²) in [5.74, 6) is -3.56. The van der Waals surface area contributed by atoms with Crippen molar-refractivity contribution in [3.8, 4) is 12.1 Å². The molecular formula is C20H17ClN4OS. The van der Waals surface area contributed by atoms with Crippen LogP contribution in [0.5, 0.6) is 0 Å². The Morgan fingerprint density at radius 1 is 1.07 bits per heavy atom. The first kappa shape index (κ1) is 20.5. The van der Waals surface area contributed by atoms with Crippen molar-refractivity contribution >= 4 is 40.0 Å². The quantitative estimate of drug-likeness (QED) is 0.546. The summed E-state index contributed by atoms with van der Waals surface area (Å²) in [5.41, 5.74) is 1.05. The molecule has 0 fully saturated rings. The maximum absolute atomic E-state index is 12.8. The van der Waals surface area contributed by atoms with E-state index in [1.54, 1.807) is 54.8 Å². The fourth-order valence-corrected chi connectivity index (χ4v) is 3.48. The van der Waals surface area contributed by atoms with Gasteiger partial charge in [0.05, 0.1) is 17.2 Å². The molecule has 0 saturated carbocycles. The van der Waals surface area contributed by atoms with Gasteiger partial charge in [-0.2, -0.15) is 10.5 Å². The van der Waals surface area contributed by atoms with Crippen molar-refractivity contribution in [2.75, 3.05) is 11.6 Å². The number of benzene rings is 2. The molecule has 0 saturated heterocycles. The van der Waals surface area contributed by atoms with Crippen LogP contribution in [-0.4, -0.2) is 17.2 Å². The first-order valence-electron chi connectivity index (χ1n) is 8.05. The van der Waals surface area contributed by atoms with Crippen molar-refractivity contribution in [1.29, 1.82) is 15.9 Å². The lowest BCUT2D eigenvalue weighted by atomic mass is 9.77. The molecule has 2 N–H and O–H groups in total. The van der Waals surface area contributed by atoms with Crippen molar-refractivity contribution in [1.82, 2.24) is 0 Å². The van der Waals surface area contributed by atoms with E-state index in [-0.39, 0.29) is 5.04 Å². The van der Waals surface area contributed by atoms with Crippen LogP contribution in [0.1, 0.15) is 11.5 Å². The summed E-state index contributed by atoms with van der Waals surface area (Å²) in [6.07, 6.45) is 1.68. The van der Waals surface area contributed by atoms with Gasteiger partial charge in [-0.05, 0) is 30.0 Å². The third-order valence-electron chi connectivity index (χ3n) is 4.09. The van der Waals surface area contributed by atoms with Gasteiger partial charge < -0.3 is 5.32 Å². The van der Waals surface area contributed by atoms with E-state index >= 15 is 0 Å². The summed E-state index contributed by atoms with van der Waals surface area (Å²) in [6, 6.07) is 19.7. The summed E-state index contributed by atoms with van der Waals surface area (Å²) in [5, 5.41) is 30.7. The van der Waals surface area contributed by atoms with Gasteiger partial charge in [-0.25, -0.2) is 0 Å². The second-order valence-corrected chi connectivity index (χ2v) is 6.94. The maximum atomic E-state index is 12.8. The molecule has 0 aliphatic heterocycles. The number of rotatable bonds is 6. The molecule has 3 atom stereocenters. The highest BCUT2D eigenvalue weighted by molar-refractivity contribution is 8.13. The molecule has 0 aliphatic rings. The third kappa shape index (κ3) is 4.89. The largest absolute Gasteiger partial charge is 0.325 e. The first-order chi connectivity index (χ1) is 13.0. The van der Waals surface area contributed by atoms with Gasteiger partial charge in [0.15, 0.2) is 0 Å². The van der Waals surface area contributed by atoms with Crippen LogP contribution in [0, 0.1) is 39.9 Å². The van der Waals surface area contributed by atoms with E-state index in [0.29, 0.717) is 16.3 Å². The second-order valence-electron chi connectivity index (χ2n) is 5.68. The Balaban J connectivity index is 2.48. The van der Waals surface area contributed by atoms with Crippen LogP contribution in [0.2, 0.25) is 5.02 Å². The Hall–Kier alpha value is -2.80. The summed E-state index contributed by atoms with van der Waals surface area (Å²) < 4.78 is 0. The van der Waals surface area contributed by atoms with Crippen LogP contribution >= 0.6 is 23.4 Å². The molecule has 0 radical (unpaired) electrons. The van der Waals surface area contributed by atoms with Crippen LogP contribution < -0.4 is 5.32 Å². The lowest BCUT2D eigenvalue weighted by molar-refractivity contribution is -0.119. The number of carbonyl (C=O) groups is 1. The molecular weight excluding hydrogens is 380 g/mol. The normalized spacial score (nSPS) is 13.5. The monoisotopic (exact) mass is 396 g/mol. The van der Waals surface area contributed by atoms with E-state index in [9.17, 15) is 15.3 Å². The van der Waals surface area contributed by atoms with Crippen LogP contribution in [0.4, 0.5) is 5.69 Å². The van der Waals surface area contributed by atoms with Crippen molar-refractivity contribution < 1.29 is 4.79 Å². The molecule has 27 heavy (non-hydrogen) atoms. The SMILES string of the molecule is CSC(=N)C(C#N)[C@@H](c1ccccc1Cl)[C@@H](C#N)C(=O)Nc1ccccc1. The number of carbonyl (C=O) groups excluding carboxylic acids is 1. The molecule has 2 aromatic carbocycles. The smallest absolute Gasteiger partial charge is 0.242 e. The minimum atomic E-state index is -1.19. The molecule has 7 heteroatoms. The Kier molecular flexibility index (Phi) is 7.43. The minimum Gasteiger partial charge on any atom is -0.325 e. The van der Waals surface area contributed by atoms with Gasteiger partial charge in [0.25, 0.3) is 0 Å². The molecule has 0 heterocycles. The summed E-state index contributed by atoms with van der Waals surface area (Å²) in [4.78, 5) is 12.8. The topological polar surface area (TPSA) is 101 Å². The van der Waals surface area contributed by atoms with Crippen molar-refractivity contribution in [2.24, 2.45) is 11.8 Å². The molecule has 1 unspecified atom stereocenters. The molecule has 0 aliphatic carbocycles. The van der Waals surface area contributed by atoms with Gasteiger partial charge >= 0.3 is 0 Å². The van der Waals surface area contributed by atoms with Crippen molar-refractivity contribution in [2.45, 2.75) is 5.92 Å². The lowest BCUT2D eigenvalue weighted by Gasteiger charge is -2.26. The highest BCUT2D eigenvalue weighted by Gasteiger charge is 2.39. The van der Waals surface area contributed by atoms with E-state index in [0.717, 1.165) is 11.8 Å². The van der Waals surface area contributed by atoms with E-state index in [2.05, 4.69) is 11.4 Å². The van der Waals surface area contributed by atoms with Crippen molar-refractivity contribution in [3.05, 3.63) is 65.2 Å². The fraction of sp³-hybridized carbons (Fsp3) is 0.200. The summed E-state index contributed by atoms with van der Waals surface area (Å²) in [7, 11) is 0. The fourth-order valence-electron chi connectivity index (χ4n) is 2.77. The Bertz CT molecular complexity index is 904. The van der Waals surface area contributed by atoms with E-state index < -0.39 is 23.7 Å². The van der Waals surface area contributed by atoms with Crippen LogP contribution in [-0.2, 0) is 4.79 Å². The molecule has 2 aromatic rings. The standard InChI is InChI=1S/C20H17ClN4OS/c1-27-19(24)15(11-22)18(14-9-5-6-10-17(14)21)16(12-23)20(26)25-13-7-3-2-4-8-13/h2-10,15-16,18,24H,1H3,(H,25,26)/t15?,16-,18-/m1/s1. The number of anilines is 1. The zero-order valence-corrected chi connectivity index (χ0v) is 16.1. The molecule has 5 nitrogen and oxygen atoms in total. The summed E-state index contributed by atoms with van der Waals surface area (Å²) >= 11 is 7.41. The van der Waals surface area contributed by atoms with Crippen molar-refractivity contribution in [3.63, 3.8) is 0 Å². The molecule has 0 spiro atoms. The van der Waals surface area contributed by atoms with Crippen LogP contribution in [0.15, 0.2) is 54.6 Å². The number of nitrogens with zero attached hydrogens (tertiary/aromatic N) is 2. The van der Waals surface area contributed by atoms with Gasteiger partial charge in [-0.3, -0.25) is 10.2 Å². The minimum absolute atomic E-state index is 0.0789. The Morgan fingerprint density at radius 3 is 2.22 bits per heavy atom. The highest BCUT2D eigenvalue weighted by Crippen LogP contribution is 2.38. The second kappa shape index (κ2) is 9.78. The number of nitriles is 2. The molecule has 2 rings (SSSR count). The van der Waals surface area contributed by atoms with E-state index in [4.69, 9.17) is 17.0 Å². The lowest BCUT2D eigenvalue weighted by Crippen LogP contribution is -2.33. The van der Waals surface area contributed by atoms with Gasteiger partial charge in [-0.1, -0.05) is 48.0 Å². The van der Waals surface area contributed by atoms with Crippen LogP contribution in [0.3, 0.4) is 0 Å². The molecule has 136 valence electrons. The molecule has 0 aromatic heterocycles. The maximum Gasteiger partial charge on any atom is 0.242 e. The Labute approximate surface area is 167 Å². The van der Waals surface area contributed by atoms with E-state index in [1.807, 2.05) is 12.1 Å². The van der Waals surface area contributed by atoms with E-state index in [1.165, 1.54) is 0 Å². The molecule has 1 amide bonds. The number of hydrogen-bond donors (Lipinski definition) is 2. The molecule has 0 bridgehead atoms. The average molecular weight is 397 g/mol. The number of halogens is 1. The first-order valence-corrected chi connectivity index (χ1v) is 9.65. The van der Waals surface area contributed by atoms with Gasteiger partial charge in [-0.15, -0.1) is 11.8 Å². The third-order valence-corrected chi connectivity index (χ3v) is 5.12. The van der Waals surface area contributed by atoms with Gasteiger partial charge in [0, 0.05) is 16.6 Å². The number of nitrogens with one attached hydrogen (secondary N) is 2. The van der Waals surface area contributed by atoms with Gasteiger partial charge in [0.1, 0.15) is 11.8 Å². The number of thioether (sulfide) groups is 1. The summed E-state index contributed by atoms with van der Waals surface area (Å²) in [6.45, 7) is 0. The highest BCUT2D eigenvalue weighted by atomic mass is 35.5.